The first-order valence-corrected chi connectivity index (χ1v) is 9.58. The maximum Gasteiger partial charge on any atom is 0.261 e. The van der Waals surface area contributed by atoms with E-state index in [0.717, 1.165) is 37.4 Å². The summed E-state index contributed by atoms with van der Waals surface area (Å²) in [6, 6.07) is 16.1. The molecule has 0 spiro atoms. The summed E-state index contributed by atoms with van der Waals surface area (Å²) in [5.41, 5.74) is 3.57. The summed E-state index contributed by atoms with van der Waals surface area (Å²) in [6.07, 6.45) is 1.13. The van der Waals surface area contributed by atoms with Gasteiger partial charge in [0.25, 0.3) is 5.91 Å². The van der Waals surface area contributed by atoms with Crippen molar-refractivity contribution in [1.29, 1.82) is 0 Å². The SMILES string of the molecule is CN(C)CCC(Oc1cccc2c1CNCC2)C(=O)NCc1ccccc1.Cl.Cl. The molecule has 160 valence electrons. The fourth-order valence-corrected chi connectivity index (χ4v) is 3.26. The normalized spacial score (nSPS) is 13.5. The summed E-state index contributed by atoms with van der Waals surface area (Å²) in [6.45, 7) is 3.07. The van der Waals surface area contributed by atoms with Crippen molar-refractivity contribution in [3.05, 3.63) is 65.2 Å². The third kappa shape index (κ3) is 7.52. The van der Waals surface area contributed by atoms with E-state index in [1.165, 1.54) is 11.1 Å². The molecule has 1 amide bonds. The standard InChI is InChI=1S/C22H29N3O2.2ClH/c1-25(2)14-12-21(22(26)24-15-17-7-4-3-5-8-17)27-20-10-6-9-18-11-13-23-16-19(18)20;;/h3-10,21,23H,11-16H2,1-2H3,(H,24,26);2*1H. The predicted octanol–water partition coefficient (Wildman–Crippen LogP) is 3.19. The van der Waals surface area contributed by atoms with Crippen LogP contribution in [0.4, 0.5) is 0 Å². The molecule has 1 aliphatic heterocycles. The third-order valence-corrected chi connectivity index (χ3v) is 4.81. The van der Waals surface area contributed by atoms with Gasteiger partial charge in [-0.3, -0.25) is 4.79 Å². The van der Waals surface area contributed by atoms with Crippen molar-refractivity contribution in [2.45, 2.75) is 32.0 Å². The van der Waals surface area contributed by atoms with E-state index in [-0.39, 0.29) is 30.7 Å². The van der Waals surface area contributed by atoms with Crippen molar-refractivity contribution in [3.8, 4) is 5.75 Å². The number of carbonyl (C=O) groups excluding carboxylic acids is 1. The van der Waals surface area contributed by atoms with Gasteiger partial charge in [-0.25, -0.2) is 0 Å². The highest BCUT2D eigenvalue weighted by atomic mass is 35.5. The monoisotopic (exact) mass is 439 g/mol. The molecule has 0 fully saturated rings. The van der Waals surface area contributed by atoms with Crippen LogP contribution in [0, 0.1) is 0 Å². The molecule has 5 nitrogen and oxygen atoms in total. The molecule has 1 atom stereocenters. The molecule has 0 saturated heterocycles. The minimum atomic E-state index is -0.510. The summed E-state index contributed by atoms with van der Waals surface area (Å²) in [7, 11) is 4.01. The zero-order chi connectivity index (χ0) is 19.1. The second-order valence-corrected chi connectivity index (χ2v) is 7.22. The van der Waals surface area contributed by atoms with Gasteiger partial charge in [-0.15, -0.1) is 24.8 Å². The van der Waals surface area contributed by atoms with E-state index in [1.54, 1.807) is 0 Å². The summed E-state index contributed by atoms with van der Waals surface area (Å²) in [5, 5.41) is 6.42. The highest BCUT2D eigenvalue weighted by molar-refractivity contribution is 5.85. The average Bonchev–Trinajstić information content (AvgIpc) is 2.70. The van der Waals surface area contributed by atoms with Crippen LogP contribution in [0.3, 0.4) is 0 Å². The van der Waals surface area contributed by atoms with Gasteiger partial charge in [-0.1, -0.05) is 42.5 Å². The van der Waals surface area contributed by atoms with Gasteiger partial charge in [-0.05, 0) is 44.3 Å². The number of hydrogen-bond donors (Lipinski definition) is 2. The number of benzene rings is 2. The smallest absolute Gasteiger partial charge is 0.261 e. The van der Waals surface area contributed by atoms with Crippen LogP contribution in [0.2, 0.25) is 0 Å². The Bertz CT molecular complexity index is 757. The van der Waals surface area contributed by atoms with E-state index in [9.17, 15) is 4.79 Å². The van der Waals surface area contributed by atoms with E-state index in [2.05, 4.69) is 21.6 Å². The van der Waals surface area contributed by atoms with Gasteiger partial charge in [0.2, 0.25) is 0 Å². The molecule has 3 rings (SSSR count). The third-order valence-electron chi connectivity index (χ3n) is 4.81. The number of rotatable bonds is 8. The highest BCUT2D eigenvalue weighted by Gasteiger charge is 2.23. The lowest BCUT2D eigenvalue weighted by Gasteiger charge is -2.25. The van der Waals surface area contributed by atoms with Gasteiger partial charge in [0, 0.05) is 31.6 Å². The molecule has 2 aromatic carbocycles. The lowest BCUT2D eigenvalue weighted by molar-refractivity contribution is -0.128. The average molecular weight is 440 g/mol. The Hall–Kier alpha value is -1.79. The van der Waals surface area contributed by atoms with E-state index in [4.69, 9.17) is 4.74 Å². The molecule has 1 aliphatic rings. The molecule has 0 radical (unpaired) electrons. The summed E-state index contributed by atoms with van der Waals surface area (Å²) in [5.74, 6) is 0.750. The van der Waals surface area contributed by atoms with Crippen LogP contribution >= 0.6 is 24.8 Å². The topological polar surface area (TPSA) is 53.6 Å². The highest BCUT2D eigenvalue weighted by Crippen LogP contribution is 2.26. The maximum atomic E-state index is 12.8. The van der Waals surface area contributed by atoms with Gasteiger partial charge < -0.3 is 20.3 Å². The van der Waals surface area contributed by atoms with Crippen molar-refractivity contribution in [2.24, 2.45) is 0 Å². The van der Waals surface area contributed by atoms with Crippen LogP contribution in [-0.4, -0.2) is 44.1 Å². The molecule has 0 bridgehead atoms. The van der Waals surface area contributed by atoms with Crippen molar-refractivity contribution in [1.82, 2.24) is 15.5 Å². The van der Waals surface area contributed by atoms with Gasteiger partial charge in [0.05, 0.1) is 0 Å². The summed E-state index contributed by atoms with van der Waals surface area (Å²) < 4.78 is 6.23. The molecular weight excluding hydrogens is 409 g/mol. The second-order valence-electron chi connectivity index (χ2n) is 7.22. The van der Waals surface area contributed by atoms with Gasteiger partial charge in [-0.2, -0.15) is 0 Å². The number of hydrogen-bond acceptors (Lipinski definition) is 4. The summed E-state index contributed by atoms with van der Waals surface area (Å²) in [4.78, 5) is 14.9. The van der Waals surface area contributed by atoms with Crippen LogP contribution in [0.15, 0.2) is 48.5 Å². The van der Waals surface area contributed by atoms with E-state index < -0.39 is 6.10 Å². The van der Waals surface area contributed by atoms with Gasteiger partial charge >= 0.3 is 0 Å². The van der Waals surface area contributed by atoms with E-state index >= 15 is 0 Å². The fraction of sp³-hybridized carbons (Fsp3) is 0.409. The molecule has 0 aromatic heterocycles. The van der Waals surface area contributed by atoms with Crippen LogP contribution in [0.1, 0.15) is 23.1 Å². The molecule has 1 heterocycles. The number of amides is 1. The largest absolute Gasteiger partial charge is 0.480 e. The molecule has 2 N–H and O–H groups in total. The Morgan fingerprint density at radius 3 is 2.62 bits per heavy atom. The number of nitrogens with zero attached hydrogens (tertiary/aromatic N) is 1. The Kier molecular flexibility index (Phi) is 11.1. The van der Waals surface area contributed by atoms with Crippen LogP contribution in [0.5, 0.6) is 5.75 Å². The predicted molar refractivity (Wildman–Crippen MR) is 122 cm³/mol. The molecular formula is C22H31Cl2N3O2. The lowest BCUT2D eigenvalue weighted by atomic mass is 10.00. The number of fused-ring (bicyclic) bond motifs is 1. The minimum absolute atomic E-state index is 0. The van der Waals surface area contributed by atoms with E-state index in [0.29, 0.717) is 13.0 Å². The van der Waals surface area contributed by atoms with E-state index in [1.807, 2.05) is 56.6 Å². The Labute approximate surface area is 186 Å². The number of ether oxygens (including phenoxy) is 1. The van der Waals surface area contributed by atoms with Crippen molar-refractivity contribution < 1.29 is 9.53 Å². The lowest BCUT2D eigenvalue weighted by Crippen LogP contribution is -2.40. The van der Waals surface area contributed by atoms with Gasteiger partial charge in [0.15, 0.2) is 6.10 Å². The van der Waals surface area contributed by atoms with Gasteiger partial charge in [0.1, 0.15) is 5.75 Å². The van der Waals surface area contributed by atoms with Crippen LogP contribution in [0.25, 0.3) is 0 Å². The first-order valence-electron chi connectivity index (χ1n) is 9.58. The maximum absolute atomic E-state index is 12.8. The first-order chi connectivity index (χ1) is 13.1. The van der Waals surface area contributed by atoms with Crippen LogP contribution in [-0.2, 0) is 24.3 Å². The quantitative estimate of drug-likeness (QED) is 0.662. The zero-order valence-electron chi connectivity index (χ0n) is 17.0. The van der Waals surface area contributed by atoms with Crippen LogP contribution < -0.4 is 15.4 Å². The molecule has 7 heteroatoms. The zero-order valence-corrected chi connectivity index (χ0v) is 18.7. The molecule has 0 saturated carbocycles. The molecule has 29 heavy (non-hydrogen) atoms. The molecule has 2 aromatic rings. The van der Waals surface area contributed by atoms with Crippen molar-refractivity contribution in [3.63, 3.8) is 0 Å². The number of nitrogens with one attached hydrogen (secondary N) is 2. The van der Waals surface area contributed by atoms with Crippen molar-refractivity contribution >= 4 is 30.7 Å². The number of carbonyl (C=O) groups is 1. The molecule has 1 unspecified atom stereocenters. The summed E-state index contributed by atoms with van der Waals surface area (Å²) >= 11 is 0. The Morgan fingerprint density at radius 2 is 1.90 bits per heavy atom. The Balaban J connectivity index is 0.00000210. The second kappa shape index (κ2) is 12.7. The van der Waals surface area contributed by atoms with Crippen molar-refractivity contribution in [2.75, 3.05) is 27.2 Å². The minimum Gasteiger partial charge on any atom is -0.480 e. The first kappa shape index (κ1) is 25.2. The molecule has 0 aliphatic carbocycles. The fourth-order valence-electron chi connectivity index (χ4n) is 3.26. The number of halogens is 2. The Morgan fingerprint density at radius 1 is 1.14 bits per heavy atom.